The zero-order valence-corrected chi connectivity index (χ0v) is 19.9. The Labute approximate surface area is 198 Å². The second kappa shape index (κ2) is 11.5. The Hall–Kier alpha value is -2.89. The van der Waals surface area contributed by atoms with Crippen LogP contribution in [0.3, 0.4) is 0 Å². The molecule has 9 nitrogen and oxygen atoms in total. The van der Waals surface area contributed by atoms with Crippen molar-refractivity contribution in [1.82, 2.24) is 9.62 Å². The van der Waals surface area contributed by atoms with Crippen LogP contribution in [0.5, 0.6) is 17.2 Å². The Morgan fingerprint density at radius 3 is 2.32 bits per heavy atom. The summed E-state index contributed by atoms with van der Waals surface area (Å²) in [5.41, 5.74) is 0. The van der Waals surface area contributed by atoms with Gasteiger partial charge < -0.3 is 24.6 Å². The van der Waals surface area contributed by atoms with Crippen LogP contribution in [-0.2, 0) is 14.8 Å². The van der Waals surface area contributed by atoms with Gasteiger partial charge in [-0.2, -0.15) is 4.31 Å². The molecule has 3 rings (SSSR count). The van der Waals surface area contributed by atoms with Crippen molar-refractivity contribution in [3.05, 3.63) is 48.3 Å². The number of amides is 1. The summed E-state index contributed by atoms with van der Waals surface area (Å²) in [6, 6.07) is 10.4. The number of ether oxygens (including phenoxy) is 3. The molecule has 2 aromatic carbocycles. The van der Waals surface area contributed by atoms with Crippen LogP contribution < -0.4 is 19.5 Å². The number of benzene rings is 2. The van der Waals surface area contributed by atoms with Gasteiger partial charge in [0, 0.05) is 25.6 Å². The SMILES string of the molecule is COc1cccc(OC)c1OCC(O)CNC(=O)C1CCN(S(=O)(=O)c2ccccc2F)CC1. The number of methoxy groups -OCH3 is 2. The van der Waals surface area contributed by atoms with Crippen molar-refractivity contribution < 1.29 is 36.9 Å². The largest absolute Gasteiger partial charge is 0.493 e. The summed E-state index contributed by atoms with van der Waals surface area (Å²) >= 11 is 0. The minimum Gasteiger partial charge on any atom is -0.493 e. The van der Waals surface area contributed by atoms with Crippen LogP contribution in [0.2, 0.25) is 0 Å². The number of aliphatic hydroxyl groups is 1. The third kappa shape index (κ3) is 5.96. The van der Waals surface area contributed by atoms with E-state index < -0.39 is 27.9 Å². The number of halogens is 1. The Bertz CT molecular complexity index is 1070. The van der Waals surface area contributed by atoms with E-state index in [-0.39, 0.29) is 37.0 Å². The van der Waals surface area contributed by atoms with Crippen molar-refractivity contribution in [3.8, 4) is 17.2 Å². The molecule has 0 spiro atoms. The number of para-hydroxylation sites is 1. The number of nitrogens with one attached hydrogen (secondary N) is 1. The van der Waals surface area contributed by atoms with E-state index in [0.29, 0.717) is 30.1 Å². The van der Waals surface area contributed by atoms with Crippen molar-refractivity contribution >= 4 is 15.9 Å². The average Bonchev–Trinajstić information content (AvgIpc) is 2.85. The molecule has 34 heavy (non-hydrogen) atoms. The molecule has 2 aromatic rings. The molecule has 186 valence electrons. The summed E-state index contributed by atoms with van der Waals surface area (Å²) in [6.45, 7) is 0.0718. The second-order valence-corrected chi connectivity index (χ2v) is 9.72. The topological polar surface area (TPSA) is 114 Å². The quantitative estimate of drug-likeness (QED) is 0.516. The number of piperidine rings is 1. The second-order valence-electron chi connectivity index (χ2n) is 7.81. The predicted molar refractivity (Wildman–Crippen MR) is 122 cm³/mol. The Balaban J connectivity index is 1.47. The van der Waals surface area contributed by atoms with E-state index in [1.54, 1.807) is 18.2 Å². The first-order valence-corrected chi connectivity index (χ1v) is 12.3. The maximum atomic E-state index is 14.0. The summed E-state index contributed by atoms with van der Waals surface area (Å²) in [4.78, 5) is 12.2. The van der Waals surface area contributed by atoms with E-state index >= 15 is 0 Å². The van der Waals surface area contributed by atoms with Gasteiger partial charge in [0.1, 0.15) is 23.4 Å². The highest BCUT2D eigenvalue weighted by Gasteiger charge is 2.33. The fourth-order valence-electron chi connectivity index (χ4n) is 3.71. The summed E-state index contributed by atoms with van der Waals surface area (Å²) in [6.07, 6.45) is -0.394. The number of carbonyl (C=O) groups is 1. The third-order valence-electron chi connectivity index (χ3n) is 5.59. The molecule has 0 radical (unpaired) electrons. The molecule has 2 N–H and O–H groups in total. The van der Waals surface area contributed by atoms with Gasteiger partial charge >= 0.3 is 0 Å². The van der Waals surface area contributed by atoms with Crippen LogP contribution in [0, 0.1) is 11.7 Å². The van der Waals surface area contributed by atoms with Gasteiger partial charge in [0.25, 0.3) is 0 Å². The van der Waals surface area contributed by atoms with Gasteiger partial charge in [-0.3, -0.25) is 4.79 Å². The van der Waals surface area contributed by atoms with Gasteiger partial charge in [-0.15, -0.1) is 0 Å². The van der Waals surface area contributed by atoms with Crippen molar-refractivity contribution in [2.24, 2.45) is 5.92 Å². The summed E-state index contributed by atoms with van der Waals surface area (Å²) in [5, 5.41) is 12.9. The number of rotatable bonds is 10. The Morgan fingerprint density at radius 2 is 1.74 bits per heavy atom. The van der Waals surface area contributed by atoms with Crippen molar-refractivity contribution in [2.75, 3.05) is 40.5 Å². The average molecular weight is 497 g/mol. The molecule has 0 aliphatic carbocycles. The Morgan fingerprint density at radius 1 is 1.12 bits per heavy atom. The normalized spacial score (nSPS) is 16.0. The molecular formula is C23H29FN2O7S. The lowest BCUT2D eigenvalue weighted by atomic mass is 9.97. The maximum absolute atomic E-state index is 14.0. The fourth-order valence-corrected chi connectivity index (χ4v) is 5.25. The number of hydrogen-bond acceptors (Lipinski definition) is 7. The molecule has 1 fully saturated rings. The zero-order valence-electron chi connectivity index (χ0n) is 19.1. The zero-order chi connectivity index (χ0) is 24.7. The molecule has 1 saturated heterocycles. The van der Waals surface area contributed by atoms with E-state index in [1.807, 2.05) is 0 Å². The minimum absolute atomic E-state index is 0.0377. The third-order valence-corrected chi connectivity index (χ3v) is 7.53. The highest BCUT2D eigenvalue weighted by atomic mass is 32.2. The van der Waals surface area contributed by atoms with Crippen molar-refractivity contribution in [3.63, 3.8) is 0 Å². The van der Waals surface area contributed by atoms with Crippen molar-refractivity contribution in [1.29, 1.82) is 0 Å². The van der Waals surface area contributed by atoms with Gasteiger partial charge in [0.2, 0.25) is 21.7 Å². The molecule has 1 heterocycles. The van der Waals surface area contributed by atoms with Gasteiger partial charge in [0.15, 0.2) is 11.5 Å². The summed E-state index contributed by atoms with van der Waals surface area (Å²) in [5.74, 6) is -0.239. The molecule has 1 aliphatic rings. The minimum atomic E-state index is -3.96. The van der Waals surface area contributed by atoms with Crippen LogP contribution in [-0.4, -0.2) is 70.3 Å². The molecule has 0 bridgehead atoms. The van der Waals surface area contributed by atoms with Gasteiger partial charge in [-0.05, 0) is 37.1 Å². The van der Waals surface area contributed by atoms with E-state index in [0.717, 1.165) is 6.07 Å². The van der Waals surface area contributed by atoms with Gasteiger partial charge in [-0.25, -0.2) is 12.8 Å². The Kier molecular flexibility index (Phi) is 8.70. The molecule has 1 amide bonds. The van der Waals surface area contributed by atoms with Crippen LogP contribution in [0.1, 0.15) is 12.8 Å². The van der Waals surface area contributed by atoms with Gasteiger partial charge in [-0.1, -0.05) is 18.2 Å². The monoisotopic (exact) mass is 496 g/mol. The molecular weight excluding hydrogens is 467 g/mol. The number of nitrogens with zero attached hydrogens (tertiary/aromatic N) is 1. The molecule has 1 atom stereocenters. The molecule has 11 heteroatoms. The first kappa shape index (κ1) is 25.7. The number of sulfonamides is 1. The molecule has 0 aromatic heterocycles. The van der Waals surface area contributed by atoms with Gasteiger partial charge in [0.05, 0.1) is 14.2 Å². The van der Waals surface area contributed by atoms with E-state index in [9.17, 15) is 22.7 Å². The van der Waals surface area contributed by atoms with Crippen LogP contribution in [0.4, 0.5) is 4.39 Å². The van der Waals surface area contributed by atoms with E-state index in [4.69, 9.17) is 14.2 Å². The van der Waals surface area contributed by atoms with E-state index in [1.165, 1.54) is 36.7 Å². The highest BCUT2D eigenvalue weighted by molar-refractivity contribution is 7.89. The highest BCUT2D eigenvalue weighted by Crippen LogP contribution is 2.36. The van der Waals surface area contributed by atoms with Crippen molar-refractivity contribution in [2.45, 2.75) is 23.8 Å². The van der Waals surface area contributed by atoms with E-state index in [2.05, 4.69) is 5.32 Å². The summed E-state index contributed by atoms with van der Waals surface area (Å²) in [7, 11) is -0.981. The molecule has 0 saturated carbocycles. The molecule has 1 unspecified atom stereocenters. The van der Waals surface area contributed by atoms with Crippen LogP contribution in [0.25, 0.3) is 0 Å². The number of hydrogen-bond donors (Lipinski definition) is 2. The smallest absolute Gasteiger partial charge is 0.245 e. The first-order chi connectivity index (χ1) is 16.3. The van der Waals surface area contributed by atoms with Crippen LogP contribution in [0.15, 0.2) is 47.4 Å². The standard InChI is InChI=1S/C23H29FN2O7S/c1-31-19-7-5-8-20(32-2)22(19)33-15-17(27)14-25-23(28)16-10-12-26(13-11-16)34(29,30)21-9-4-3-6-18(21)24/h3-9,16-17,27H,10-15H2,1-2H3,(H,25,28). The lowest BCUT2D eigenvalue weighted by Gasteiger charge is -2.30. The van der Waals surface area contributed by atoms with Crippen LogP contribution >= 0.6 is 0 Å². The molecule has 1 aliphatic heterocycles. The predicted octanol–water partition coefficient (Wildman–Crippen LogP) is 1.80. The fraction of sp³-hybridized carbons (Fsp3) is 0.435. The lowest BCUT2D eigenvalue weighted by Crippen LogP contribution is -2.44. The lowest BCUT2D eigenvalue weighted by molar-refractivity contribution is -0.126. The first-order valence-electron chi connectivity index (χ1n) is 10.8. The number of carbonyl (C=O) groups excluding carboxylic acids is 1. The summed E-state index contributed by atoms with van der Waals surface area (Å²) < 4.78 is 56.7. The number of aliphatic hydroxyl groups excluding tert-OH is 1. The maximum Gasteiger partial charge on any atom is 0.245 e.